The van der Waals surface area contributed by atoms with Gasteiger partial charge in [0, 0.05) is 44.0 Å². The van der Waals surface area contributed by atoms with Crippen LogP contribution in [-0.4, -0.2) is 20.8 Å². The van der Waals surface area contributed by atoms with Crippen LogP contribution in [0.4, 0.5) is 0 Å². The first-order chi connectivity index (χ1) is 34.7. The van der Waals surface area contributed by atoms with Crippen molar-refractivity contribution < 1.29 is 4.99 Å². The molecule has 2 N–H and O–H groups in total. The molecule has 0 spiro atoms. The van der Waals surface area contributed by atoms with E-state index in [2.05, 4.69) is 256 Å². The largest absolute Gasteiger partial charge is 0.328 e. The molecule has 1 aliphatic rings. The number of hydrogen-bond donors (Lipinski definition) is 2. The lowest BCUT2D eigenvalue weighted by molar-refractivity contribution is -0.516. The van der Waals surface area contributed by atoms with Crippen molar-refractivity contribution in [3.05, 3.63) is 253 Å². The van der Waals surface area contributed by atoms with E-state index in [1.165, 1.54) is 97.5 Å². The van der Waals surface area contributed by atoms with Gasteiger partial charge in [-0.15, -0.1) is 0 Å². The Bertz CT molecular complexity index is 4570. The predicted molar refractivity (Wildman–Crippen MR) is 293 cm³/mol. The van der Waals surface area contributed by atoms with Crippen molar-refractivity contribution in [1.29, 1.82) is 0 Å². The minimum atomic E-state index is -0.269. The zero-order valence-electron chi connectivity index (χ0n) is 37.9. The molecule has 5 nitrogen and oxygen atoms in total. The molecule has 15 rings (SSSR count). The van der Waals surface area contributed by atoms with E-state index in [-0.39, 0.29) is 6.17 Å². The molecule has 1 unspecified atom stereocenters. The second-order valence-electron chi connectivity index (χ2n) is 18.7. The molecule has 326 valence electrons. The third-order valence-corrected chi connectivity index (χ3v) is 14.8. The van der Waals surface area contributed by atoms with E-state index < -0.39 is 0 Å². The number of para-hydroxylation sites is 2. The maximum Gasteiger partial charge on any atom is 0.328 e. The van der Waals surface area contributed by atoms with Crippen molar-refractivity contribution in [2.45, 2.75) is 6.17 Å². The van der Waals surface area contributed by atoms with Crippen LogP contribution in [0.25, 0.3) is 109 Å². The molecule has 0 fully saturated rings. The molecule has 0 amide bonds. The summed E-state index contributed by atoms with van der Waals surface area (Å²) in [5.74, 6) is 1.66. The summed E-state index contributed by atoms with van der Waals surface area (Å²) in [5.41, 5.74) is 10.2. The van der Waals surface area contributed by atoms with Crippen molar-refractivity contribution >= 4 is 109 Å². The molecule has 0 aliphatic carbocycles. The van der Waals surface area contributed by atoms with Gasteiger partial charge in [-0.2, -0.15) is 0 Å². The highest BCUT2D eigenvalue weighted by Gasteiger charge is 2.29. The SMILES string of the molecule is c1ccc(C2=[NH+]C(c3cccc4ccc(-n5c6ccccc6c6cc7cc(-n8c9ccccc9c9c%10ccccc%10ccc98)ccc7cc65)cc34)NC(c3ccc4ccc5ccccc5c4c3)=N2)cc1. The number of fused-ring (bicyclic) bond motifs is 13. The van der Waals surface area contributed by atoms with Crippen LogP contribution in [0, 0.1) is 0 Å². The lowest BCUT2D eigenvalue weighted by Crippen LogP contribution is -2.80. The number of nitrogens with zero attached hydrogens (tertiary/aromatic N) is 3. The molecule has 1 atom stereocenters. The van der Waals surface area contributed by atoms with E-state index in [0.717, 1.165) is 39.7 Å². The minimum Gasteiger partial charge on any atom is -0.309 e. The molecule has 0 saturated carbocycles. The molecule has 2 aromatic heterocycles. The van der Waals surface area contributed by atoms with Gasteiger partial charge in [0.25, 0.3) is 5.84 Å². The van der Waals surface area contributed by atoms with Crippen LogP contribution in [-0.2, 0) is 0 Å². The highest BCUT2D eigenvalue weighted by atomic mass is 15.2. The number of hydrogen-bond acceptors (Lipinski definition) is 2. The molecule has 12 aromatic carbocycles. The number of amidine groups is 2. The van der Waals surface area contributed by atoms with Gasteiger partial charge >= 0.3 is 5.84 Å². The van der Waals surface area contributed by atoms with Crippen LogP contribution < -0.4 is 10.3 Å². The Morgan fingerprint density at radius 2 is 0.943 bits per heavy atom. The van der Waals surface area contributed by atoms with E-state index in [1.54, 1.807) is 0 Å². The molecular formula is C65H42N5+. The fourth-order valence-corrected chi connectivity index (χ4v) is 11.5. The Kier molecular flexibility index (Phi) is 8.36. The second-order valence-corrected chi connectivity index (χ2v) is 18.7. The first-order valence-electron chi connectivity index (χ1n) is 24.1. The number of nitrogens with one attached hydrogen (secondary N) is 2. The van der Waals surface area contributed by atoms with Gasteiger partial charge in [-0.1, -0.05) is 158 Å². The Labute approximate surface area is 402 Å². The van der Waals surface area contributed by atoms with Crippen LogP contribution >= 0.6 is 0 Å². The normalized spacial score (nSPS) is 14.1. The molecule has 0 saturated heterocycles. The fourth-order valence-electron chi connectivity index (χ4n) is 11.5. The summed E-state index contributed by atoms with van der Waals surface area (Å²) in [5, 5.41) is 21.0. The average molecular weight is 893 g/mol. The van der Waals surface area contributed by atoms with Gasteiger partial charge < -0.3 is 14.5 Å². The molecule has 14 aromatic rings. The number of aliphatic imine (C=N–C) groups is 1. The molecule has 3 heterocycles. The lowest BCUT2D eigenvalue weighted by atomic mass is 9.98. The third kappa shape index (κ3) is 5.91. The summed E-state index contributed by atoms with van der Waals surface area (Å²) in [6.45, 7) is 0. The quantitative estimate of drug-likeness (QED) is 0.166. The summed E-state index contributed by atoms with van der Waals surface area (Å²) in [6, 6.07) is 86.3. The predicted octanol–water partition coefficient (Wildman–Crippen LogP) is 14.2. The Hall–Kier alpha value is -9.32. The molecule has 0 radical (unpaired) electrons. The Morgan fingerprint density at radius 3 is 1.79 bits per heavy atom. The molecular weight excluding hydrogens is 851 g/mol. The van der Waals surface area contributed by atoms with E-state index in [1.807, 2.05) is 0 Å². The fraction of sp³-hybridized carbons (Fsp3) is 0.0154. The highest BCUT2D eigenvalue weighted by Crippen LogP contribution is 2.40. The van der Waals surface area contributed by atoms with Crippen LogP contribution in [0.3, 0.4) is 0 Å². The number of aromatic nitrogens is 2. The van der Waals surface area contributed by atoms with Gasteiger partial charge in [-0.3, -0.25) is 0 Å². The first kappa shape index (κ1) is 38.8. The van der Waals surface area contributed by atoms with Gasteiger partial charge in [0.2, 0.25) is 0 Å². The molecule has 0 bridgehead atoms. The lowest BCUT2D eigenvalue weighted by Gasteiger charge is -2.20. The highest BCUT2D eigenvalue weighted by molar-refractivity contribution is 6.22. The number of rotatable bonds is 5. The van der Waals surface area contributed by atoms with E-state index in [9.17, 15) is 0 Å². The van der Waals surface area contributed by atoms with Crippen molar-refractivity contribution in [1.82, 2.24) is 14.5 Å². The molecule has 1 aliphatic heterocycles. The smallest absolute Gasteiger partial charge is 0.309 e. The van der Waals surface area contributed by atoms with Crippen molar-refractivity contribution in [2.24, 2.45) is 4.99 Å². The third-order valence-electron chi connectivity index (χ3n) is 14.8. The minimum absolute atomic E-state index is 0.269. The summed E-state index contributed by atoms with van der Waals surface area (Å²) < 4.78 is 4.88. The summed E-state index contributed by atoms with van der Waals surface area (Å²) in [6.07, 6.45) is -0.269. The Balaban J connectivity index is 0.873. The zero-order valence-corrected chi connectivity index (χ0v) is 37.9. The molecule has 5 heteroatoms. The summed E-state index contributed by atoms with van der Waals surface area (Å²) in [7, 11) is 0. The van der Waals surface area contributed by atoms with Crippen molar-refractivity contribution in [2.75, 3.05) is 0 Å². The van der Waals surface area contributed by atoms with Gasteiger partial charge in [-0.05, 0) is 138 Å². The topological polar surface area (TPSA) is 48.2 Å². The van der Waals surface area contributed by atoms with Gasteiger partial charge in [0.15, 0.2) is 6.17 Å². The van der Waals surface area contributed by atoms with Gasteiger partial charge in [0.1, 0.15) is 0 Å². The van der Waals surface area contributed by atoms with Gasteiger partial charge in [0.05, 0.1) is 27.6 Å². The second kappa shape index (κ2) is 15.1. The van der Waals surface area contributed by atoms with E-state index in [4.69, 9.17) is 4.99 Å². The van der Waals surface area contributed by atoms with Gasteiger partial charge in [-0.25, -0.2) is 4.99 Å². The molecule has 70 heavy (non-hydrogen) atoms. The maximum absolute atomic E-state index is 5.28. The van der Waals surface area contributed by atoms with Crippen LogP contribution in [0.5, 0.6) is 0 Å². The number of benzene rings is 12. The monoisotopic (exact) mass is 892 g/mol. The van der Waals surface area contributed by atoms with Crippen LogP contribution in [0.1, 0.15) is 22.9 Å². The zero-order chi connectivity index (χ0) is 45.9. The van der Waals surface area contributed by atoms with Crippen molar-refractivity contribution in [3.63, 3.8) is 0 Å². The van der Waals surface area contributed by atoms with Crippen LogP contribution in [0.2, 0.25) is 0 Å². The summed E-state index contributed by atoms with van der Waals surface area (Å²) >= 11 is 0. The van der Waals surface area contributed by atoms with E-state index in [0.29, 0.717) is 0 Å². The van der Waals surface area contributed by atoms with E-state index >= 15 is 0 Å². The van der Waals surface area contributed by atoms with Crippen LogP contribution in [0.15, 0.2) is 242 Å². The first-order valence-corrected chi connectivity index (χ1v) is 24.1. The standard InChI is InChI=1S/C65H41N5/c1-2-15-44(16-3-1)63-66-64(46-28-27-43-26-25-40-13-4-6-18-50(40)55(43)36-46)68-65(67-63)53-22-12-17-42-29-32-49(39-56(42)53)70-58-23-10-8-20-52(58)57-37-47-35-48(33-30-45(47)38-61(57)70)69-59-24-11-9-21-54(59)62-51-19-7-5-14-41(51)31-34-60(62)69/h1-39,65H,(H,66,67,68)/p+1. The Morgan fingerprint density at radius 1 is 0.343 bits per heavy atom. The maximum atomic E-state index is 5.28. The summed E-state index contributed by atoms with van der Waals surface area (Å²) in [4.78, 5) is 9.11. The van der Waals surface area contributed by atoms with Crippen molar-refractivity contribution in [3.8, 4) is 11.4 Å². The average Bonchev–Trinajstić information content (AvgIpc) is 3.94.